The molecule has 0 unspecified atom stereocenters. The van der Waals surface area contributed by atoms with E-state index >= 15 is 0 Å². The van der Waals surface area contributed by atoms with Gasteiger partial charge in [-0.2, -0.15) is 9.97 Å². The molecule has 0 aliphatic carbocycles. The summed E-state index contributed by atoms with van der Waals surface area (Å²) in [7, 11) is 1.57. The molecule has 0 saturated carbocycles. The van der Waals surface area contributed by atoms with Crippen molar-refractivity contribution in [3.05, 3.63) is 52.3 Å². The van der Waals surface area contributed by atoms with Gasteiger partial charge < -0.3 is 30.5 Å². The summed E-state index contributed by atoms with van der Waals surface area (Å²) in [5.41, 5.74) is 13.9. The second kappa shape index (κ2) is 13.0. The normalized spacial score (nSPS) is 16.1. The third-order valence-electron chi connectivity index (χ3n) is 8.16. The Labute approximate surface area is 261 Å². The number of hydrogen-bond donors (Lipinski definition) is 3. The number of aliphatic carboxylic acids is 1. The van der Waals surface area contributed by atoms with Crippen LogP contribution in [0.3, 0.4) is 0 Å². The van der Waals surface area contributed by atoms with E-state index in [1.165, 1.54) is 11.1 Å². The van der Waals surface area contributed by atoms with Crippen LogP contribution in [0.1, 0.15) is 75.5 Å². The van der Waals surface area contributed by atoms with Crippen LogP contribution in [0.4, 0.5) is 17.5 Å². The topological polar surface area (TPSA) is 138 Å². The van der Waals surface area contributed by atoms with Gasteiger partial charge >= 0.3 is 5.97 Å². The van der Waals surface area contributed by atoms with Crippen molar-refractivity contribution in [3.8, 4) is 17.0 Å². The van der Waals surface area contributed by atoms with E-state index in [0.717, 1.165) is 78.5 Å². The third kappa shape index (κ3) is 8.16. The summed E-state index contributed by atoms with van der Waals surface area (Å²) in [4.78, 5) is 29.9. The maximum absolute atomic E-state index is 11.9. The summed E-state index contributed by atoms with van der Waals surface area (Å²) in [5.74, 6) is 0.563. The van der Waals surface area contributed by atoms with E-state index in [2.05, 4.69) is 51.8 Å². The zero-order chi connectivity index (χ0) is 32.4. The summed E-state index contributed by atoms with van der Waals surface area (Å²) in [6.07, 6.45) is 2.95. The number of aromatic nitrogens is 3. The van der Waals surface area contributed by atoms with Crippen LogP contribution in [0.5, 0.6) is 5.88 Å². The quantitative estimate of drug-likeness (QED) is 0.338. The molecule has 10 heteroatoms. The summed E-state index contributed by atoms with van der Waals surface area (Å²) in [6.45, 7) is 17.1. The fourth-order valence-electron chi connectivity index (χ4n) is 5.86. The number of aryl methyl sites for hydroxylation is 2. The lowest BCUT2D eigenvalue weighted by Crippen LogP contribution is -2.38. The number of benzene rings is 1. The van der Waals surface area contributed by atoms with E-state index in [1.54, 1.807) is 27.9 Å². The number of nitrogen functional groups attached to an aromatic ring is 1. The van der Waals surface area contributed by atoms with Crippen molar-refractivity contribution in [1.29, 1.82) is 0 Å². The molecule has 0 bridgehead atoms. The van der Waals surface area contributed by atoms with Gasteiger partial charge in [0.2, 0.25) is 11.8 Å². The predicted molar refractivity (Wildman–Crippen MR) is 175 cm³/mol. The molecule has 1 saturated heterocycles. The second-order valence-corrected chi connectivity index (χ2v) is 13.7. The Morgan fingerprint density at radius 2 is 1.66 bits per heavy atom. The highest BCUT2D eigenvalue weighted by Gasteiger charge is 2.30. The Morgan fingerprint density at radius 3 is 2.27 bits per heavy atom. The number of pyridine rings is 1. The van der Waals surface area contributed by atoms with E-state index in [9.17, 15) is 9.90 Å². The Morgan fingerprint density at radius 1 is 1.00 bits per heavy atom. The number of nitrogens with two attached hydrogens (primary N) is 1. The highest BCUT2D eigenvalue weighted by Crippen LogP contribution is 2.42. The molecule has 4 heterocycles. The largest absolute Gasteiger partial charge is 0.481 e. The first-order valence-corrected chi connectivity index (χ1v) is 15.3. The van der Waals surface area contributed by atoms with Gasteiger partial charge in [-0.1, -0.05) is 32.0 Å². The number of ether oxygens (including phenoxy) is 1. The number of piperidine rings is 1. The third-order valence-corrected chi connectivity index (χ3v) is 8.16. The van der Waals surface area contributed by atoms with E-state index in [0.29, 0.717) is 12.4 Å². The molecule has 4 N–H and O–H groups in total. The first kappa shape index (κ1) is 33.0. The number of anilines is 3. The van der Waals surface area contributed by atoms with Crippen LogP contribution in [0.15, 0.2) is 24.3 Å². The monoisotopic (exact) mass is 604 g/mol. The van der Waals surface area contributed by atoms with Crippen LogP contribution in [-0.4, -0.2) is 63.5 Å². The standard InChI is InChI=1S/C30H38N6O3.C4H10O/c1-18-23(15-26(37)38)28(35-12-9-30(3,4)10-13-35)27(19(2)32-18)21-6-7-22-17-36(11-8-20(22)14-21)24-16-25(39-5)34-29(31)33-24;1-4(2,3)5/h6-7,14,16H,8-13,15,17H2,1-5H3,(H,37,38)(H2,31,33,34);5H,1-3H3. The molecule has 238 valence electrons. The minimum absolute atomic E-state index is 0.0350. The Kier molecular flexibility index (Phi) is 9.73. The van der Waals surface area contributed by atoms with Crippen molar-refractivity contribution < 1.29 is 19.7 Å². The van der Waals surface area contributed by atoms with Crippen molar-refractivity contribution >= 4 is 23.4 Å². The molecular formula is C34H48N6O4. The van der Waals surface area contributed by atoms with Gasteiger partial charge in [-0.3, -0.25) is 9.78 Å². The van der Waals surface area contributed by atoms with Crippen molar-refractivity contribution in [2.45, 2.75) is 86.3 Å². The van der Waals surface area contributed by atoms with Gasteiger partial charge in [0.05, 0.1) is 24.8 Å². The Balaban J connectivity index is 0.000000818. The number of fused-ring (bicyclic) bond motifs is 1. The molecule has 2 aromatic heterocycles. The average Bonchev–Trinajstić information content (AvgIpc) is 2.92. The Bertz CT molecular complexity index is 1500. The molecule has 0 amide bonds. The molecule has 1 aromatic carbocycles. The number of carbonyl (C=O) groups is 1. The molecule has 0 radical (unpaired) electrons. The Hall–Kier alpha value is -3.92. The van der Waals surface area contributed by atoms with Crippen LogP contribution < -0.4 is 20.3 Å². The fourth-order valence-corrected chi connectivity index (χ4v) is 5.86. The molecule has 44 heavy (non-hydrogen) atoms. The number of rotatable bonds is 6. The van der Waals surface area contributed by atoms with Crippen molar-refractivity contribution in [2.75, 3.05) is 42.3 Å². The van der Waals surface area contributed by atoms with E-state index in [4.69, 9.17) is 20.6 Å². The highest BCUT2D eigenvalue weighted by molar-refractivity contribution is 5.86. The lowest BCUT2D eigenvalue weighted by atomic mass is 9.82. The molecule has 0 spiro atoms. The molecule has 1 fully saturated rings. The van der Waals surface area contributed by atoms with Gasteiger partial charge in [0.1, 0.15) is 5.82 Å². The van der Waals surface area contributed by atoms with Crippen LogP contribution in [0.25, 0.3) is 11.1 Å². The smallest absolute Gasteiger partial charge is 0.307 e. The summed E-state index contributed by atoms with van der Waals surface area (Å²) in [5, 5.41) is 18.3. The van der Waals surface area contributed by atoms with E-state index in [-0.39, 0.29) is 17.8 Å². The maximum Gasteiger partial charge on any atom is 0.307 e. The number of hydrogen-bond acceptors (Lipinski definition) is 9. The fraction of sp³-hybridized carbons (Fsp3) is 0.529. The van der Waals surface area contributed by atoms with Crippen LogP contribution in [-0.2, 0) is 24.2 Å². The molecule has 0 atom stereocenters. The summed E-state index contributed by atoms with van der Waals surface area (Å²) >= 11 is 0. The summed E-state index contributed by atoms with van der Waals surface area (Å²) in [6, 6.07) is 8.41. The van der Waals surface area contributed by atoms with Crippen molar-refractivity contribution in [1.82, 2.24) is 15.0 Å². The zero-order valence-electron chi connectivity index (χ0n) is 27.5. The average molecular weight is 605 g/mol. The van der Waals surface area contributed by atoms with E-state index < -0.39 is 11.6 Å². The number of methoxy groups -OCH3 is 1. The second-order valence-electron chi connectivity index (χ2n) is 13.7. The van der Waals surface area contributed by atoms with Crippen molar-refractivity contribution in [2.24, 2.45) is 5.41 Å². The van der Waals surface area contributed by atoms with Crippen molar-refractivity contribution in [3.63, 3.8) is 0 Å². The zero-order valence-corrected chi connectivity index (χ0v) is 27.5. The molecule has 10 nitrogen and oxygen atoms in total. The number of aliphatic hydroxyl groups is 1. The molecule has 2 aliphatic rings. The van der Waals surface area contributed by atoms with Gasteiger partial charge in [0.15, 0.2) is 0 Å². The minimum Gasteiger partial charge on any atom is -0.481 e. The minimum atomic E-state index is -0.833. The summed E-state index contributed by atoms with van der Waals surface area (Å²) < 4.78 is 5.28. The van der Waals surface area contributed by atoms with Gasteiger partial charge in [0.25, 0.3) is 0 Å². The molecule has 3 aromatic rings. The predicted octanol–water partition coefficient (Wildman–Crippen LogP) is 5.34. The molecule has 5 rings (SSSR count). The molecule has 2 aliphatic heterocycles. The maximum atomic E-state index is 11.9. The van der Waals surface area contributed by atoms with Gasteiger partial charge in [-0.15, -0.1) is 0 Å². The van der Waals surface area contributed by atoms with Crippen LogP contribution >= 0.6 is 0 Å². The van der Waals surface area contributed by atoms with Gasteiger partial charge in [-0.05, 0) is 76.0 Å². The van der Waals surface area contributed by atoms with Crippen LogP contribution in [0, 0.1) is 19.3 Å². The number of carboxylic acids is 1. The number of carboxylic acid groups (broad SMARTS) is 1. The lowest BCUT2D eigenvalue weighted by molar-refractivity contribution is -0.136. The molecular weight excluding hydrogens is 556 g/mol. The SMILES string of the molecule is CC(C)(C)O.COc1cc(N2CCc3cc(-c4c(C)nc(C)c(CC(=O)O)c4N4CCC(C)(C)CC4)ccc3C2)nc(N)n1. The highest BCUT2D eigenvalue weighted by atomic mass is 16.5. The van der Waals surface area contributed by atoms with Crippen LogP contribution in [0.2, 0.25) is 0 Å². The van der Waals surface area contributed by atoms with Gasteiger partial charge in [0, 0.05) is 54.8 Å². The van der Waals surface area contributed by atoms with E-state index in [1.807, 2.05) is 19.9 Å². The van der Waals surface area contributed by atoms with Gasteiger partial charge in [-0.25, -0.2) is 0 Å². The first-order chi connectivity index (χ1) is 20.5. The number of nitrogens with zero attached hydrogens (tertiary/aromatic N) is 5. The lowest BCUT2D eigenvalue weighted by Gasteiger charge is -2.40. The first-order valence-electron chi connectivity index (χ1n) is 15.3.